The maximum atomic E-state index is 11.1. The van der Waals surface area contributed by atoms with Gasteiger partial charge in [-0.3, -0.25) is 4.79 Å². The van der Waals surface area contributed by atoms with Crippen LogP contribution in [0.3, 0.4) is 0 Å². The summed E-state index contributed by atoms with van der Waals surface area (Å²) in [7, 11) is 0. The summed E-state index contributed by atoms with van der Waals surface area (Å²) in [4.78, 5) is 15.2. The van der Waals surface area contributed by atoms with Crippen molar-refractivity contribution in [3.63, 3.8) is 0 Å². The summed E-state index contributed by atoms with van der Waals surface area (Å²) in [6, 6.07) is 3.40. The van der Waals surface area contributed by atoms with Gasteiger partial charge in [0, 0.05) is 12.7 Å². The van der Waals surface area contributed by atoms with Gasteiger partial charge in [0.1, 0.15) is 5.82 Å². The van der Waals surface area contributed by atoms with Crippen LogP contribution in [0.4, 0.5) is 5.82 Å². The molecule has 1 aromatic rings. The zero-order chi connectivity index (χ0) is 10.7. The van der Waals surface area contributed by atoms with Crippen LogP contribution in [0.25, 0.3) is 0 Å². The summed E-state index contributed by atoms with van der Waals surface area (Å²) in [5, 5.41) is 3.15. The number of hydrogen-bond acceptors (Lipinski definition) is 3. The van der Waals surface area contributed by atoms with E-state index in [-0.39, 0.29) is 0 Å². The van der Waals surface area contributed by atoms with Gasteiger partial charge in [0.2, 0.25) is 0 Å². The van der Waals surface area contributed by atoms with Gasteiger partial charge in [-0.25, -0.2) is 4.98 Å². The van der Waals surface area contributed by atoms with E-state index in [1.54, 1.807) is 18.3 Å². The smallest absolute Gasteiger partial charge is 0.252 e. The molecule has 80 valence electrons. The van der Waals surface area contributed by atoms with Gasteiger partial charge in [0.15, 0.2) is 0 Å². The maximum Gasteiger partial charge on any atom is 0.252 e. The molecule has 0 bridgehead atoms. The lowest BCUT2D eigenvalue weighted by Crippen LogP contribution is -2.16. The summed E-state index contributed by atoms with van der Waals surface area (Å²) in [5.74, 6) is 1.04. The Bertz CT molecular complexity index is 361. The fourth-order valence-electron chi connectivity index (χ4n) is 1.55. The molecular weight excluding hydrogens is 190 g/mol. The quantitative estimate of drug-likeness (QED) is 0.763. The van der Waals surface area contributed by atoms with Crippen LogP contribution < -0.4 is 11.1 Å². The van der Waals surface area contributed by atoms with Crippen molar-refractivity contribution in [3.8, 4) is 0 Å². The number of carbonyl (C=O) groups is 1. The van der Waals surface area contributed by atoms with Crippen molar-refractivity contribution in [2.24, 2.45) is 11.7 Å². The number of pyridine rings is 1. The highest BCUT2D eigenvalue weighted by molar-refractivity contribution is 5.97. The topological polar surface area (TPSA) is 68.0 Å². The molecule has 1 aliphatic carbocycles. The molecule has 1 saturated carbocycles. The van der Waals surface area contributed by atoms with Gasteiger partial charge in [0.25, 0.3) is 5.91 Å². The molecule has 1 amide bonds. The van der Waals surface area contributed by atoms with E-state index >= 15 is 0 Å². The Balaban J connectivity index is 1.95. The van der Waals surface area contributed by atoms with Crippen LogP contribution in [0.15, 0.2) is 18.3 Å². The number of aromatic nitrogens is 1. The second-order valence-corrected chi connectivity index (χ2v) is 3.92. The van der Waals surface area contributed by atoms with Crippen molar-refractivity contribution < 1.29 is 4.79 Å². The van der Waals surface area contributed by atoms with Crippen LogP contribution in [0.5, 0.6) is 0 Å². The van der Waals surface area contributed by atoms with Crippen LogP contribution in [0.2, 0.25) is 0 Å². The minimum Gasteiger partial charge on any atom is -0.369 e. The number of rotatable bonds is 5. The molecule has 0 atom stereocenters. The van der Waals surface area contributed by atoms with Crippen molar-refractivity contribution in [1.82, 2.24) is 4.98 Å². The fourth-order valence-corrected chi connectivity index (χ4v) is 1.55. The van der Waals surface area contributed by atoms with Gasteiger partial charge in [-0.15, -0.1) is 0 Å². The third kappa shape index (κ3) is 2.68. The number of primary amides is 1. The SMILES string of the molecule is NC(=O)c1cccnc1NCCC1CC1. The van der Waals surface area contributed by atoms with Crippen molar-refractivity contribution in [3.05, 3.63) is 23.9 Å². The van der Waals surface area contributed by atoms with Gasteiger partial charge >= 0.3 is 0 Å². The maximum absolute atomic E-state index is 11.1. The Hall–Kier alpha value is -1.58. The van der Waals surface area contributed by atoms with E-state index in [2.05, 4.69) is 10.3 Å². The van der Waals surface area contributed by atoms with Crippen molar-refractivity contribution in [2.75, 3.05) is 11.9 Å². The fraction of sp³-hybridized carbons (Fsp3) is 0.455. The Morgan fingerprint density at radius 3 is 3.07 bits per heavy atom. The zero-order valence-electron chi connectivity index (χ0n) is 8.57. The largest absolute Gasteiger partial charge is 0.369 e. The number of hydrogen-bond donors (Lipinski definition) is 2. The van der Waals surface area contributed by atoms with E-state index in [4.69, 9.17) is 5.73 Å². The predicted molar refractivity (Wildman–Crippen MR) is 58.6 cm³/mol. The second kappa shape index (κ2) is 4.29. The third-order valence-electron chi connectivity index (χ3n) is 2.62. The van der Waals surface area contributed by atoms with Gasteiger partial charge in [-0.1, -0.05) is 12.8 Å². The number of nitrogens with two attached hydrogens (primary N) is 1. The van der Waals surface area contributed by atoms with E-state index in [0.29, 0.717) is 11.4 Å². The minimum atomic E-state index is -0.433. The van der Waals surface area contributed by atoms with Crippen molar-refractivity contribution >= 4 is 11.7 Å². The second-order valence-electron chi connectivity index (χ2n) is 3.92. The molecular formula is C11H15N3O. The Labute approximate surface area is 88.9 Å². The van der Waals surface area contributed by atoms with E-state index in [1.165, 1.54) is 12.8 Å². The molecule has 4 nitrogen and oxygen atoms in total. The lowest BCUT2D eigenvalue weighted by Gasteiger charge is -2.07. The number of anilines is 1. The summed E-state index contributed by atoms with van der Waals surface area (Å²) < 4.78 is 0. The van der Waals surface area contributed by atoms with Crippen LogP contribution >= 0.6 is 0 Å². The molecule has 1 fully saturated rings. The number of amides is 1. The first-order chi connectivity index (χ1) is 7.27. The molecule has 0 aromatic carbocycles. The highest BCUT2D eigenvalue weighted by Gasteiger charge is 2.20. The Morgan fingerprint density at radius 1 is 1.60 bits per heavy atom. The first kappa shape index (κ1) is 9.96. The highest BCUT2D eigenvalue weighted by atomic mass is 16.1. The zero-order valence-corrected chi connectivity index (χ0v) is 8.57. The number of carbonyl (C=O) groups excluding carboxylic acids is 1. The normalized spacial score (nSPS) is 14.9. The average Bonchev–Trinajstić information content (AvgIpc) is 3.02. The predicted octanol–water partition coefficient (Wildman–Crippen LogP) is 1.39. The van der Waals surface area contributed by atoms with Crippen LogP contribution in [-0.2, 0) is 0 Å². The molecule has 15 heavy (non-hydrogen) atoms. The molecule has 1 heterocycles. The monoisotopic (exact) mass is 205 g/mol. The minimum absolute atomic E-state index is 0.433. The van der Waals surface area contributed by atoms with Crippen LogP contribution in [-0.4, -0.2) is 17.4 Å². The molecule has 1 aliphatic rings. The highest BCUT2D eigenvalue weighted by Crippen LogP contribution is 2.32. The Kier molecular flexibility index (Phi) is 2.85. The molecule has 2 rings (SSSR count). The average molecular weight is 205 g/mol. The van der Waals surface area contributed by atoms with Gasteiger partial charge in [-0.2, -0.15) is 0 Å². The van der Waals surface area contributed by atoms with E-state index in [1.807, 2.05) is 0 Å². The van der Waals surface area contributed by atoms with Gasteiger partial charge in [0.05, 0.1) is 5.56 Å². The standard InChI is InChI=1S/C11H15N3O/c12-10(15)9-2-1-6-13-11(9)14-7-5-8-3-4-8/h1-2,6,8H,3-5,7H2,(H2,12,15)(H,13,14). The van der Waals surface area contributed by atoms with E-state index < -0.39 is 5.91 Å². The lowest BCUT2D eigenvalue weighted by molar-refractivity contribution is 0.100. The third-order valence-corrected chi connectivity index (χ3v) is 2.62. The molecule has 0 aliphatic heterocycles. The molecule has 4 heteroatoms. The van der Waals surface area contributed by atoms with Gasteiger partial charge in [-0.05, 0) is 24.5 Å². The van der Waals surface area contributed by atoms with Crippen LogP contribution in [0, 0.1) is 5.92 Å². The summed E-state index contributed by atoms with van der Waals surface area (Å²) in [6.07, 6.45) is 5.49. The van der Waals surface area contributed by atoms with E-state index in [9.17, 15) is 4.79 Å². The van der Waals surface area contributed by atoms with E-state index in [0.717, 1.165) is 18.9 Å². The van der Waals surface area contributed by atoms with Crippen LogP contribution in [0.1, 0.15) is 29.6 Å². The molecule has 0 unspecified atom stereocenters. The number of nitrogens with one attached hydrogen (secondary N) is 1. The Morgan fingerprint density at radius 2 is 2.40 bits per heavy atom. The first-order valence-corrected chi connectivity index (χ1v) is 5.26. The first-order valence-electron chi connectivity index (χ1n) is 5.26. The molecule has 0 radical (unpaired) electrons. The number of nitrogens with zero attached hydrogens (tertiary/aromatic N) is 1. The lowest BCUT2D eigenvalue weighted by atomic mass is 10.2. The molecule has 1 aromatic heterocycles. The van der Waals surface area contributed by atoms with Crippen molar-refractivity contribution in [1.29, 1.82) is 0 Å². The van der Waals surface area contributed by atoms with Crippen molar-refractivity contribution in [2.45, 2.75) is 19.3 Å². The summed E-state index contributed by atoms with van der Waals surface area (Å²) >= 11 is 0. The molecule has 0 saturated heterocycles. The molecule has 0 spiro atoms. The van der Waals surface area contributed by atoms with Gasteiger partial charge < -0.3 is 11.1 Å². The molecule has 3 N–H and O–H groups in total. The summed E-state index contributed by atoms with van der Waals surface area (Å²) in [5.41, 5.74) is 5.71. The summed E-state index contributed by atoms with van der Waals surface area (Å²) in [6.45, 7) is 0.863.